The number of carbonyl (C=O) groups is 2. The fourth-order valence-corrected chi connectivity index (χ4v) is 0.889. The van der Waals surface area contributed by atoms with E-state index in [1.54, 1.807) is 6.92 Å². The van der Waals surface area contributed by atoms with Crippen LogP contribution in [0.5, 0.6) is 0 Å². The number of thiocarbonyl (C=S) groups is 1. The SMILES string of the molecule is CCOC(=O)CCNC(=O)CC(N)=S. The Morgan fingerprint density at radius 2 is 2.14 bits per heavy atom. The van der Waals surface area contributed by atoms with Crippen molar-refractivity contribution >= 4 is 29.1 Å². The molecule has 0 unspecified atom stereocenters. The number of rotatable bonds is 6. The lowest BCUT2D eigenvalue weighted by molar-refractivity contribution is -0.143. The van der Waals surface area contributed by atoms with Gasteiger partial charge in [0.1, 0.15) is 0 Å². The first-order valence-electron chi connectivity index (χ1n) is 4.27. The van der Waals surface area contributed by atoms with Crippen molar-refractivity contribution < 1.29 is 14.3 Å². The number of carbonyl (C=O) groups excluding carboxylic acids is 2. The van der Waals surface area contributed by atoms with Crippen LogP contribution in [0.3, 0.4) is 0 Å². The highest BCUT2D eigenvalue weighted by molar-refractivity contribution is 7.80. The molecule has 0 saturated heterocycles. The summed E-state index contributed by atoms with van der Waals surface area (Å²) < 4.78 is 4.66. The Morgan fingerprint density at radius 3 is 2.64 bits per heavy atom. The van der Waals surface area contributed by atoms with Crippen LogP contribution in [0.15, 0.2) is 0 Å². The predicted octanol–water partition coefficient (Wildman–Crippen LogP) is -0.268. The highest BCUT2D eigenvalue weighted by Gasteiger charge is 2.04. The van der Waals surface area contributed by atoms with Crippen LogP contribution in [0.4, 0.5) is 0 Å². The third-order valence-corrected chi connectivity index (χ3v) is 1.44. The minimum atomic E-state index is -0.330. The molecule has 0 fully saturated rings. The zero-order valence-electron chi connectivity index (χ0n) is 8.04. The highest BCUT2D eigenvalue weighted by Crippen LogP contribution is 1.85. The first-order valence-corrected chi connectivity index (χ1v) is 4.67. The molecule has 14 heavy (non-hydrogen) atoms. The van der Waals surface area contributed by atoms with Gasteiger partial charge in [-0.3, -0.25) is 9.59 Å². The zero-order valence-corrected chi connectivity index (χ0v) is 8.86. The van der Waals surface area contributed by atoms with E-state index in [0.29, 0.717) is 6.61 Å². The Balaban J connectivity index is 3.49. The Hall–Kier alpha value is -1.17. The molecule has 0 aromatic carbocycles. The lowest BCUT2D eigenvalue weighted by Crippen LogP contribution is -2.29. The quantitative estimate of drug-likeness (QED) is 0.474. The summed E-state index contributed by atoms with van der Waals surface area (Å²) in [6.07, 6.45) is 0.176. The van der Waals surface area contributed by atoms with Crippen LogP contribution in [-0.2, 0) is 14.3 Å². The molecule has 0 spiro atoms. The molecule has 1 amide bonds. The number of ether oxygens (including phenoxy) is 1. The molecule has 0 saturated carbocycles. The maximum atomic E-state index is 11.0. The summed E-state index contributed by atoms with van der Waals surface area (Å²) in [5, 5.41) is 2.50. The van der Waals surface area contributed by atoms with Gasteiger partial charge in [-0.05, 0) is 6.92 Å². The average molecular weight is 218 g/mol. The molecule has 0 aromatic rings. The first kappa shape index (κ1) is 12.8. The van der Waals surface area contributed by atoms with Crippen molar-refractivity contribution in [2.45, 2.75) is 19.8 Å². The van der Waals surface area contributed by atoms with E-state index in [0.717, 1.165) is 0 Å². The summed E-state index contributed by atoms with van der Waals surface area (Å²) in [6.45, 7) is 2.32. The fourth-order valence-electron chi connectivity index (χ4n) is 0.758. The molecule has 0 aromatic heterocycles. The van der Waals surface area contributed by atoms with Crippen LogP contribution < -0.4 is 11.1 Å². The minimum absolute atomic E-state index is 0.0121. The maximum absolute atomic E-state index is 11.0. The normalized spacial score (nSPS) is 9.21. The Kier molecular flexibility index (Phi) is 6.65. The fraction of sp³-hybridized carbons (Fsp3) is 0.625. The van der Waals surface area contributed by atoms with Crippen molar-refractivity contribution in [3.05, 3.63) is 0 Å². The van der Waals surface area contributed by atoms with Gasteiger partial charge in [0.25, 0.3) is 0 Å². The van der Waals surface area contributed by atoms with E-state index in [-0.39, 0.29) is 36.3 Å². The molecule has 0 bridgehead atoms. The summed E-state index contributed by atoms with van der Waals surface area (Å²) >= 11 is 4.54. The molecular formula is C8H14N2O3S. The van der Waals surface area contributed by atoms with Crippen molar-refractivity contribution in [2.75, 3.05) is 13.2 Å². The third kappa shape index (κ3) is 7.48. The van der Waals surface area contributed by atoms with E-state index in [2.05, 4.69) is 22.3 Å². The first-order chi connectivity index (χ1) is 6.56. The Labute approximate surface area is 88.0 Å². The second kappa shape index (κ2) is 7.25. The summed E-state index contributed by atoms with van der Waals surface area (Å²) in [5.74, 6) is -0.607. The van der Waals surface area contributed by atoms with Crippen LogP contribution in [-0.4, -0.2) is 30.0 Å². The molecule has 0 radical (unpaired) electrons. The van der Waals surface area contributed by atoms with E-state index in [9.17, 15) is 9.59 Å². The number of amides is 1. The predicted molar refractivity (Wildman–Crippen MR) is 55.7 cm³/mol. The van der Waals surface area contributed by atoms with Gasteiger partial charge in [0.2, 0.25) is 5.91 Å². The van der Waals surface area contributed by atoms with Crippen LogP contribution >= 0.6 is 12.2 Å². The summed E-state index contributed by atoms with van der Waals surface area (Å²) in [6, 6.07) is 0. The smallest absolute Gasteiger partial charge is 0.307 e. The largest absolute Gasteiger partial charge is 0.466 e. The topological polar surface area (TPSA) is 81.4 Å². The molecule has 6 heteroatoms. The summed E-state index contributed by atoms with van der Waals surface area (Å²) in [7, 11) is 0. The monoisotopic (exact) mass is 218 g/mol. The molecule has 0 heterocycles. The lowest BCUT2D eigenvalue weighted by Gasteiger charge is -2.03. The standard InChI is InChI=1S/C8H14N2O3S/c1-2-13-8(12)3-4-10-7(11)5-6(9)14/h2-5H2,1H3,(H2,9,14)(H,10,11). The van der Waals surface area contributed by atoms with E-state index in [1.807, 2.05) is 0 Å². The molecule has 3 N–H and O–H groups in total. The van der Waals surface area contributed by atoms with Crippen LogP contribution in [0.25, 0.3) is 0 Å². The van der Waals surface area contributed by atoms with Crippen molar-refractivity contribution in [1.29, 1.82) is 0 Å². The van der Waals surface area contributed by atoms with Gasteiger partial charge in [-0.15, -0.1) is 0 Å². The third-order valence-electron chi connectivity index (χ3n) is 1.29. The Bertz CT molecular complexity index is 231. The number of hydrogen-bond donors (Lipinski definition) is 2. The van der Waals surface area contributed by atoms with Gasteiger partial charge in [0.05, 0.1) is 24.4 Å². The van der Waals surface area contributed by atoms with Crippen LogP contribution in [0, 0.1) is 0 Å². The summed E-state index contributed by atoms with van der Waals surface area (Å²) in [5.41, 5.74) is 5.15. The van der Waals surface area contributed by atoms with E-state index < -0.39 is 0 Å². The molecule has 0 aliphatic heterocycles. The van der Waals surface area contributed by atoms with Crippen LogP contribution in [0.1, 0.15) is 19.8 Å². The molecule has 80 valence electrons. The summed E-state index contributed by atoms with van der Waals surface area (Å²) in [4.78, 5) is 21.9. The van der Waals surface area contributed by atoms with Gasteiger partial charge in [-0.1, -0.05) is 12.2 Å². The second-order valence-corrected chi connectivity index (χ2v) is 3.07. The van der Waals surface area contributed by atoms with Gasteiger partial charge >= 0.3 is 5.97 Å². The van der Waals surface area contributed by atoms with Gasteiger partial charge in [-0.25, -0.2) is 0 Å². The average Bonchev–Trinajstić information content (AvgIpc) is 2.02. The van der Waals surface area contributed by atoms with Crippen LogP contribution in [0.2, 0.25) is 0 Å². The Morgan fingerprint density at radius 1 is 1.50 bits per heavy atom. The highest BCUT2D eigenvalue weighted by atomic mass is 32.1. The van der Waals surface area contributed by atoms with Crippen molar-refractivity contribution in [3.63, 3.8) is 0 Å². The van der Waals surface area contributed by atoms with Crippen molar-refractivity contribution in [3.8, 4) is 0 Å². The number of nitrogens with one attached hydrogen (secondary N) is 1. The van der Waals surface area contributed by atoms with E-state index in [1.165, 1.54) is 0 Å². The molecule has 5 nitrogen and oxygen atoms in total. The lowest BCUT2D eigenvalue weighted by atomic mass is 10.3. The van der Waals surface area contributed by atoms with Gasteiger partial charge in [0, 0.05) is 6.54 Å². The molecular weight excluding hydrogens is 204 g/mol. The zero-order chi connectivity index (χ0) is 11.0. The van der Waals surface area contributed by atoms with Crippen molar-refractivity contribution in [2.24, 2.45) is 5.73 Å². The van der Waals surface area contributed by atoms with E-state index in [4.69, 9.17) is 5.73 Å². The molecule has 0 rings (SSSR count). The van der Waals surface area contributed by atoms with Gasteiger partial charge in [-0.2, -0.15) is 0 Å². The molecule has 0 atom stereocenters. The second-order valence-electron chi connectivity index (χ2n) is 2.55. The number of hydrogen-bond acceptors (Lipinski definition) is 4. The minimum Gasteiger partial charge on any atom is -0.466 e. The number of esters is 1. The number of nitrogens with two attached hydrogens (primary N) is 1. The maximum Gasteiger partial charge on any atom is 0.307 e. The molecule has 0 aliphatic rings. The molecule has 0 aliphatic carbocycles. The van der Waals surface area contributed by atoms with Gasteiger partial charge in [0.15, 0.2) is 0 Å². The van der Waals surface area contributed by atoms with Gasteiger partial charge < -0.3 is 15.8 Å². The van der Waals surface area contributed by atoms with E-state index >= 15 is 0 Å². The van der Waals surface area contributed by atoms with Crippen molar-refractivity contribution in [1.82, 2.24) is 5.32 Å².